The van der Waals surface area contributed by atoms with Crippen molar-refractivity contribution in [3.63, 3.8) is 0 Å². The molecule has 3 aromatic rings. The van der Waals surface area contributed by atoms with E-state index in [-0.39, 0.29) is 6.10 Å². The Morgan fingerprint density at radius 3 is 2.65 bits per heavy atom. The molecule has 0 aromatic carbocycles. The molecule has 1 aliphatic heterocycles. The Bertz CT molecular complexity index is 1070. The molecule has 0 spiro atoms. The summed E-state index contributed by atoms with van der Waals surface area (Å²) in [5, 5.41) is 4.38. The largest absolute Gasteiger partial charge is 0.489 e. The predicted octanol–water partition coefficient (Wildman–Crippen LogP) is 2.40. The highest BCUT2D eigenvalue weighted by atomic mass is 16.5. The van der Waals surface area contributed by atoms with Gasteiger partial charge in [-0.1, -0.05) is 0 Å². The number of nitrogens with zero attached hydrogens (tertiary/aromatic N) is 5. The molecule has 2 aliphatic rings. The van der Waals surface area contributed by atoms with Crippen molar-refractivity contribution >= 4 is 22.7 Å². The molecule has 3 aromatic heterocycles. The van der Waals surface area contributed by atoms with Crippen molar-refractivity contribution in [1.82, 2.24) is 19.9 Å². The molecule has 5 rings (SSSR count). The zero-order valence-electron chi connectivity index (χ0n) is 19.2. The standard InChI is InChI=1S/C24H31N7O3/c25-7-11-33-19-15-27-24(28-16-19)29-17-3-5-18(6-4-17)34-23-20-2-1-8-26-21(20)14-22(30-23)31-9-12-32-13-10-31/h1-2,8,14-18H,3-7,9-13,25H2,(H,27,28,29). The fourth-order valence-corrected chi connectivity index (χ4v) is 4.38. The van der Waals surface area contributed by atoms with Crippen LogP contribution in [0.5, 0.6) is 11.6 Å². The lowest BCUT2D eigenvalue weighted by molar-refractivity contribution is 0.122. The van der Waals surface area contributed by atoms with Crippen molar-refractivity contribution in [3.8, 4) is 11.6 Å². The van der Waals surface area contributed by atoms with Crippen LogP contribution in [0.1, 0.15) is 25.7 Å². The van der Waals surface area contributed by atoms with Gasteiger partial charge in [-0.05, 0) is 37.8 Å². The van der Waals surface area contributed by atoms with Crippen molar-refractivity contribution in [2.24, 2.45) is 5.73 Å². The second-order valence-corrected chi connectivity index (χ2v) is 8.57. The maximum atomic E-state index is 6.46. The molecule has 2 fully saturated rings. The average Bonchev–Trinajstić information content (AvgIpc) is 2.90. The number of anilines is 2. The molecule has 0 amide bonds. The van der Waals surface area contributed by atoms with Gasteiger partial charge in [-0.25, -0.2) is 9.97 Å². The summed E-state index contributed by atoms with van der Waals surface area (Å²) in [7, 11) is 0. The van der Waals surface area contributed by atoms with Crippen molar-refractivity contribution in [1.29, 1.82) is 0 Å². The molecule has 4 heterocycles. The van der Waals surface area contributed by atoms with Gasteiger partial charge in [0.25, 0.3) is 0 Å². The number of fused-ring (bicyclic) bond motifs is 1. The summed E-state index contributed by atoms with van der Waals surface area (Å²) in [6.45, 7) is 3.98. The number of hydrogen-bond donors (Lipinski definition) is 2. The molecular formula is C24H31N7O3. The van der Waals surface area contributed by atoms with Gasteiger partial charge in [0.05, 0.1) is 36.5 Å². The summed E-state index contributed by atoms with van der Waals surface area (Å²) in [6.07, 6.45) is 9.07. The molecule has 1 saturated carbocycles. The first-order chi connectivity index (χ1) is 16.8. The lowest BCUT2D eigenvalue weighted by atomic mass is 9.93. The first-order valence-electron chi connectivity index (χ1n) is 11.9. The SMILES string of the molecule is NCCOc1cnc(NC2CCC(Oc3nc(N4CCOCC4)cc4ncccc34)CC2)nc1. The molecule has 1 aliphatic carbocycles. The molecule has 0 unspecified atom stereocenters. The Kier molecular flexibility index (Phi) is 7.16. The van der Waals surface area contributed by atoms with E-state index in [9.17, 15) is 0 Å². The Morgan fingerprint density at radius 2 is 1.88 bits per heavy atom. The lowest BCUT2D eigenvalue weighted by Gasteiger charge is -2.31. The molecule has 180 valence electrons. The third-order valence-corrected chi connectivity index (χ3v) is 6.19. The Hall–Kier alpha value is -3.24. The number of aromatic nitrogens is 4. The summed E-state index contributed by atoms with van der Waals surface area (Å²) in [5.74, 6) is 2.80. The first-order valence-corrected chi connectivity index (χ1v) is 11.9. The molecule has 0 atom stereocenters. The van der Waals surface area contributed by atoms with Crippen LogP contribution in [0.15, 0.2) is 36.8 Å². The quantitative estimate of drug-likeness (QED) is 0.513. The van der Waals surface area contributed by atoms with Crippen LogP contribution in [0.3, 0.4) is 0 Å². The highest BCUT2D eigenvalue weighted by Gasteiger charge is 2.25. The minimum absolute atomic E-state index is 0.113. The number of pyridine rings is 2. The van der Waals surface area contributed by atoms with Crippen LogP contribution in [0.2, 0.25) is 0 Å². The molecule has 10 nitrogen and oxygen atoms in total. The summed E-state index contributed by atoms with van der Waals surface area (Å²) in [5.41, 5.74) is 6.36. The van der Waals surface area contributed by atoms with Gasteiger partial charge >= 0.3 is 0 Å². The average molecular weight is 466 g/mol. The number of rotatable bonds is 8. The molecule has 0 radical (unpaired) electrons. The van der Waals surface area contributed by atoms with Crippen LogP contribution in [-0.4, -0.2) is 71.5 Å². The summed E-state index contributed by atoms with van der Waals surface area (Å²) in [6, 6.07) is 6.31. The van der Waals surface area contributed by atoms with Gasteiger partial charge < -0.3 is 30.2 Å². The van der Waals surface area contributed by atoms with E-state index in [1.807, 2.05) is 24.4 Å². The van der Waals surface area contributed by atoms with Crippen LogP contribution in [-0.2, 0) is 4.74 Å². The molecule has 10 heteroatoms. The van der Waals surface area contributed by atoms with Crippen molar-refractivity contribution in [2.75, 3.05) is 49.7 Å². The van der Waals surface area contributed by atoms with Crippen molar-refractivity contribution in [2.45, 2.75) is 37.8 Å². The van der Waals surface area contributed by atoms with Gasteiger partial charge in [0.2, 0.25) is 11.8 Å². The Balaban J connectivity index is 1.21. The van der Waals surface area contributed by atoms with Gasteiger partial charge in [0.1, 0.15) is 18.5 Å². The third kappa shape index (κ3) is 5.45. The second kappa shape index (κ2) is 10.8. The normalized spacial score (nSPS) is 20.8. The highest BCUT2D eigenvalue weighted by Crippen LogP contribution is 2.31. The number of hydrogen-bond acceptors (Lipinski definition) is 10. The van der Waals surface area contributed by atoms with Crippen LogP contribution in [0.4, 0.5) is 11.8 Å². The summed E-state index contributed by atoms with van der Waals surface area (Å²) >= 11 is 0. The maximum absolute atomic E-state index is 6.46. The highest BCUT2D eigenvalue weighted by molar-refractivity contribution is 5.85. The van der Waals surface area contributed by atoms with E-state index in [1.54, 1.807) is 12.4 Å². The van der Waals surface area contributed by atoms with Crippen LogP contribution >= 0.6 is 0 Å². The molecule has 1 saturated heterocycles. The smallest absolute Gasteiger partial charge is 0.225 e. The monoisotopic (exact) mass is 465 g/mol. The van der Waals surface area contributed by atoms with Gasteiger partial charge in [0, 0.05) is 37.9 Å². The van der Waals surface area contributed by atoms with Crippen LogP contribution in [0.25, 0.3) is 10.9 Å². The summed E-state index contributed by atoms with van der Waals surface area (Å²) in [4.78, 5) is 20.4. The topological polar surface area (TPSA) is 121 Å². The van der Waals surface area contributed by atoms with E-state index in [1.165, 1.54) is 0 Å². The fraction of sp³-hybridized carbons (Fsp3) is 0.500. The molecular weight excluding hydrogens is 434 g/mol. The van der Waals surface area contributed by atoms with Gasteiger partial charge in [-0.3, -0.25) is 4.98 Å². The van der Waals surface area contributed by atoms with E-state index in [0.717, 1.165) is 55.5 Å². The summed E-state index contributed by atoms with van der Waals surface area (Å²) < 4.78 is 17.4. The number of morpholine rings is 1. The fourth-order valence-electron chi connectivity index (χ4n) is 4.38. The number of nitrogens with two attached hydrogens (primary N) is 1. The number of nitrogens with one attached hydrogen (secondary N) is 1. The van der Waals surface area contributed by atoms with Gasteiger partial charge in [-0.2, -0.15) is 4.98 Å². The van der Waals surface area contributed by atoms with Crippen LogP contribution < -0.4 is 25.4 Å². The van der Waals surface area contributed by atoms with E-state index in [4.69, 9.17) is 24.9 Å². The minimum atomic E-state index is 0.113. The Labute approximate surface area is 198 Å². The van der Waals surface area contributed by atoms with E-state index < -0.39 is 0 Å². The third-order valence-electron chi connectivity index (χ3n) is 6.19. The molecule has 34 heavy (non-hydrogen) atoms. The second-order valence-electron chi connectivity index (χ2n) is 8.57. The zero-order valence-corrected chi connectivity index (χ0v) is 19.2. The van der Waals surface area contributed by atoms with Crippen molar-refractivity contribution in [3.05, 3.63) is 36.8 Å². The zero-order chi connectivity index (χ0) is 23.2. The first kappa shape index (κ1) is 22.5. The van der Waals surface area contributed by atoms with Gasteiger partial charge in [-0.15, -0.1) is 0 Å². The molecule has 0 bridgehead atoms. The lowest BCUT2D eigenvalue weighted by Crippen LogP contribution is -2.37. The predicted molar refractivity (Wildman–Crippen MR) is 129 cm³/mol. The minimum Gasteiger partial charge on any atom is -0.489 e. The maximum Gasteiger partial charge on any atom is 0.225 e. The Morgan fingerprint density at radius 1 is 1.09 bits per heavy atom. The van der Waals surface area contributed by atoms with E-state index >= 15 is 0 Å². The molecule has 3 N–H and O–H groups in total. The van der Waals surface area contributed by atoms with Gasteiger partial charge in [0.15, 0.2) is 5.75 Å². The van der Waals surface area contributed by atoms with E-state index in [2.05, 4.69) is 25.2 Å². The van der Waals surface area contributed by atoms with Crippen molar-refractivity contribution < 1.29 is 14.2 Å². The van der Waals surface area contributed by atoms with E-state index in [0.29, 0.717) is 50.0 Å². The number of ether oxygens (including phenoxy) is 3. The van der Waals surface area contributed by atoms with Crippen LogP contribution in [0, 0.1) is 0 Å².